The van der Waals surface area contributed by atoms with Crippen LogP contribution in [-0.4, -0.2) is 43.2 Å². The number of rotatable bonds is 10. The largest absolute Gasteiger partial charge is 0.507 e. The van der Waals surface area contributed by atoms with Gasteiger partial charge in [0.15, 0.2) is 0 Å². The number of para-hydroxylation sites is 4. The van der Waals surface area contributed by atoms with Crippen LogP contribution in [0.4, 0.5) is 0 Å². The summed E-state index contributed by atoms with van der Waals surface area (Å²) >= 11 is 0. The van der Waals surface area contributed by atoms with E-state index in [2.05, 4.69) is 26.1 Å². The number of hydrogen-bond donors (Lipinski definition) is 3. The van der Waals surface area contributed by atoms with Gasteiger partial charge in [0.2, 0.25) is 0 Å². The van der Waals surface area contributed by atoms with Gasteiger partial charge in [-0.2, -0.15) is 0 Å². The van der Waals surface area contributed by atoms with Crippen LogP contribution < -0.4 is 14.8 Å². The molecule has 40 heavy (non-hydrogen) atoms. The summed E-state index contributed by atoms with van der Waals surface area (Å²) in [4.78, 5) is 4.71. The van der Waals surface area contributed by atoms with Crippen LogP contribution in [0, 0.1) is 5.41 Å². The van der Waals surface area contributed by atoms with Crippen LogP contribution in [0.5, 0.6) is 23.0 Å². The number of nitrogens with zero attached hydrogens (tertiary/aromatic N) is 1. The lowest BCUT2D eigenvalue weighted by Crippen LogP contribution is -2.42. The molecule has 0 aliphatic rings. The topological polar surface area (TPSA) is 83.3 Å². The highest BCUT2D eigenvalue weighted by molar-refractivity contribution is 5.89. The number of benzene rings is 4. The minimum atomic E-state index is -0.103. The number of hydrogen-bond acceptors (Lipinski definition) is 6. The second kappa shape index (κ2) is 12.7. The number of ether oxygens (including phenoxy) is 2. The van der Waals surface area contributed by atoms with E-state index in [1.54, 1.807) is 20.4 Å². The minimum Gasteiger partial charge on any atom is -0.507 e. The third kappa shape index (κ3) is 6.46. The summed E-state index contributed by atoms with van der Waals surface area (Å²) in [6, 6.07) is 26.7. The van der Waals surface area contributed by atoms with Crippen LogP contribution in [0.3, 0.4) is 0 Å². The Balaban J connectivity index is 1.51. The molecule has 0 aliphatic carbocycles. The van der Waals surface area contributed by atoms with E-state index in [0.29, 0.717) is 35.7 Å². The van der Waals surface area contributed by atoms with Gasteiger partial charge in [-0.15, -0.1) is 0 Å². The van der Waals surface area contributed by atoms with Crippen molar-refractivity contribution in [2.45, 2.75) is 33.4 Å². The zero-order chi connectivity index (χ0) is 28.7. The Morgan fingerprint density at radius 3 is 1.82 bits per heavy atom. The van der Waals surface area contributed by atoms with Gasteiger partial charge in [0.25, 0.3) is 0 Å². The molecule has 0 saturated carbocycles. The first-order chi connectivity index (χ1) is 19.2. The van der Waals surface area contributed by atoms with Gasteiger partial charge in [-0.25, -0.2) is 0 Å². The molecule has 0 unspecified atom stereocenters. The van der Waals surface area contributed by atoms with Crippen molar-refractivity contribution in [3.8, 4) is 45.3 Å². The Morgan fingerprint density at radius 1 is 0.725 bits per heavy atom. The average Bonchev–Trinajstić information content (AvgIpc) is 2.95. The number of nitrogens with one attached hydrogen (secondary N) is 1. The van der Waals surface area contributed by atoms with E-state index in [1.165, 1.54) is 0 Å². The molecule has 6 heteroatoms. The highest BCUT2D eigenvalue weighted by Gasteiger charge is 2.24. The first kappa shape index (κ1) is 28.7. The lowest BCUT2D eigenvalue weighted by molar-refractivity contribution is 0.272. The molecule has 4 aromatic carbocycles. The summed E-state index contributed by atoms with van der Waals surface area (Å²) in [6.45, 7) is 7.44. The third-order valence-electron chi connectivity index (χ3n) is 7.08. The molecule has 0 spiro atoms. The van der Waals surface area contributed by atoms with Gasteiger partial charge in [-0.1, -0.05) is 87.5 Å². The van der Waals surface area contributed by atoms with Crippen molar-refractivity contribution in [1.82, 2.24) is 5.32 Å². The van der Waals surface area contributed by atoms with Gasteiger partial charge in [0.1, 0.15) is 23.0 Å². The molecule has 0 aliphatic heterocycles. The maximum absolute atomic E-state index is 11.1. The van der Waals surface area contributed by atoms with Crippen LogP contribution in [0.25, 0.3) is 22.3 Å². The van der Waals surface area contributed by atoms with Gasteiger partial charge < -0.3 is 25.0 Å². The average molecular weight is 539 g/mol. The van der Waals surface area contributed by atoms with Gasteiger partial charge in [0, 0.05) is 52.2 Å². The molecular weight excluding hydrogens is 500 g/mol. The normalized spacial score (nSPS) is 12.4. The quantitative estimate of drug-likeness (QED) is 0.188. The fourth-order valence-electron chi connectivity index (χ4n) is 4.70. The van der Waals surface area contributed by atoms with Crippen molar-refractivity contribution in [2.24, 2.45) is 10.4 Å². The molecule has 0 heterocycles. The fourth-order valence-corrected chi connectivity index (χ4v) is 4.70. The zero-order valence-electron chi connectivity index (χ0n) is 23.8. The Kier molecular flexibility index (Phi) is 9.12. The molecule has 0 bridgehead atoms. The van der Waals surface area contributed by atoms with Crippen molar-refractivity contribution in [3.05, 3.63) is 96.1 Å². The molecule has 0 saturated heterocycles. The summed E-state index contributed by atoms with van der Waals surface area (Å²) in [5.41, 5.74) is 4.42. The smallest absolute Gasteiger partial charge is 0.132 e. The molecule has 4 rings (SSSR count). The van der Waals surface area contributed by atoms with Crippen LogP contribution in [0.1, 0.15) is 31.9 Å². The molecule has 1 atom stereocenters. The van der Waals surface area contributed by atoms with Crippen LogP contribution in [0.15, 0.2) is 89.9 Å². The van der Waals surface area contributed by atoms with Gasteiger partial charge in [-0.05, 0) is 23.6 Å². The number of phenolic OH excluding ortho intramolecular Hbond substituents is 2. The lowest BCUT2D eigenvalue weighted by Gasteiger charge is -2.30. The Morgan fingerprint density at radius 2 is 1.25 bits per heavy atom. The van der Waals surface area contributed by atoms with E-state index in [-0.39, 0.29) is 23.0 Å². The molecule has 0 aromatic heterocycles. The van der Waals surface area contributed by atoms with Crippen LogP contribution >= 0.6 is 0 Å². The number of aromatic hydroxyl groups is 2. The SMILES string of the molecule is COc1ccccc1-c1cccc(/C=N/C[C@@H](NCc2cccc(-c3ccccc3OC)c2O)C(C)(C)C)c1O. The third-order valence-corrected chi connectivity index (χ3v) is 7.08. The summed E-state index contributed by atoms with van der Waals surface area (Å²) < 4.78 is 11.0. The van der Waals surface area contributed by atoms with Crippen molar-refractivity contribution >= 4 is 6.21 Å². The molecule has 6 nitrogen and oxygen atoms in total. The van der Waals surface area contributed by atoms with E-state index < -0.39 is 0 Å². The maximum Gasteiger partial charge on any atom is 0.132 e. The monoisotopic (exact) mass is 538 g/mol. The predicted octanol–water partition coefficient (Wildman–Crippen LogP) is 7.07. The van der Waals surface area contributed by atoms with Crippen LogP contribution in [-0.2, 0) is 6.54 Å². The van der Waals surface area contributed by atoms with Gasteiger partial charge >= 0.3 is 0 Å². The number of methoxy groups -OCH3 is 2. The molecule has 4 aromatic rings. The Bertz CT molecular complexity index is 1470. The van der Waals surface area contributed by atoms with E-state index in [1.807, 2.05) is 84.9 Å². The van der Waals surface area contributed by atoms with E-state index in [9.17, 15) is 10.2 Å². The fraction of sp³-hybridized carbons (Fsp3) is 0.265. The molecule has 0 amide bonds. The van der Waals surface area contributed by atoms with Crippen molar-refractivity contribution in [2.75, 3.05) is 20.8 Å². The van der Waals surface area contributed by atoms with E-state index in [4.69, 9.17) is 14.5 Å². The number of aliphatic imine (C=N–C) groups is 1. The van der Waals surface area contributed by atoms with Gasteiger partial charge in [0.05, 0.1) is 20.8 Å². The van der Waals surface area contributed by atoms with Gasteiger partial charge in [-0.3, -0.25) is 4.99 Å². The summed E-state index contributed by atoms with van der Waals surface area (Å²) in [5.74, 6) is 1.80. The Hall–Kier alpha value is -4.29. The van der Waals surface area contributed by atoms with Crippen molar-refractivity contribution < 1.29 is 19.7 Å². The van der Waals surface area contributed by atoms with Crippen molar-refractivity contribution in [3.63, 3.8) is 0 Å². The van der Waals surface area contributed by atoms with E-state index >= 15 is 0 Å². The van der Waals surface area contributed by atoms with E-state index in [0.717, 1.165) is 22.3 Å². The lowest BCUT2D eigenvalue weighted by atomic mass is 9.86. The molecule has 0 fully saturated rings. The number of phenols is 2. The summed E-state index contributed by atoms with van der Waals surface area (Å²) in [6.07, 6.45) is 1.72. The molecular formula is C34H38N2O4. The predicted molar refractivity (Wildman–Crippen MR) is 163 cm³/mol. The van der Waals surface area contributed by atoms with Crippen molar-refractivity contribution in [1.29, 1.82) is 0 Å². The first-order valence-electron chi connectivity index (χ1n) is 13.4. The first-order valence-corrected chi connectivity index (χ1v) is 13.4. The minimum absolute atomic E-state index is 0.0117. The highest BCUT2D eigenvalue weighted by atomic mass is 16.5. The zero-order valence-corrected chi connectivity index (χ0v) is 23.8. The summed E-state index contributed by atoms with van der Waals surface area (Å²) in [5, 5.41) is 25.7. The maximum atomic E-state index is 11.1. The molecule has 208 valence electrons. The highest BCUT2D eigenvalue weighted by Crippen LogP contribution is 2.38. The standard InChI is InChI=1S/C34H38N2O4/c1-34(2,3)31(36-21-24-13-11-17-28(33(24)38)26-15-7-9-19-30(26)40-5)22-35-20-23-12-10-16-27(32(23)37)25-14-6-8-18-29(25)39-4/h6-20,31,36-38H,21-22H2,1-5H3/b35-20+/t31-/m1/s1. The molecule has 0 radical (unpaired) electrons. The van der Waals surface area contributed by atoms with Crippen LogP contribution in [0.2, 0.25) is 0 Å². The second-order valence-electron chi connectivity index (χ2n) is 10.8. The molecule has 3 N–H and O–H groups in total. The second-order valence-corrected chi connectivity index (χ2v) is 10.8. The Labute approximate surface area is 237 Å². The summed E-state index contributed by atoms with van der Waals surface area (Å²) in [7, 11) is 3.25.